The third-order valence-corrected chi connectivity index (χ3v) is 4.23. The Kier molecular flexibility index (Phi) is 4.60. The standard InChI is InChI=1S/C14H27N5/c1-11(2)18-5-7-19(8-6-18)13(9-15)14-12(3)16-10-17(14)4/h10-11,13H,5-9,15H2,1-4H3. The van der Waals surface area contributed by atoms with Crippen molar-refractivity contribution in [2.75, 3.05) is 32.7 Å². The Bertz CT molecular complexity index is 384. The Morgan fingerprint density at radius 3 is 2.21 bits per heavy atom. The van der Waals surface area contributed by atoms with Gasteiger partial charge >= 0.3 is 0 Å². The van der Waals surface area contributed by atoms with Gasteiger partial charge in [-0.2, -0.15) is 0 Å². The number of imidazole rings is 1. The topological polar surface area (TPSA) is 50.3 Å². The van der Waals surface area contributed by atoms with Crippen LogP contribution in [0.25, 0.3) is 0 Å². The molecule has 0 saturated carbocycles. The summed E-state index contributed by atoms with van der Waals surface area (Å²) in [5, 5.41) is 0. The van der Waals surface area contributed by atoms with Gasteiger partial charge in [0.15, 0.2) is 0 Å². The first kappa shape index (κ1) is 14.5. The van der Waals surface area contributed by atoms with Crippen LogP contribution in [0.5, 0.6) is 0 Å². The van der Waals surface area contributed by atoms with Gasteiger partial charge in [-0.1, -0.05) is 0 Å². The first-order valence-electron chi connectivity index (χ1n) is 7.20. The highest BCUT2D eigenvalue weighted by Gasteiger charge is 2.27. The Morgan fingerprint density at radius 1 is 1.21 bits per heavy atom. The molecule has 0 bridgehead atoms. The average molecular weight is 265 g/mol. The van der Waals surface area contributed by atoms with Crippen molar-refractivity contribution in [3.05, 3.63) is 17.7 Å². The molecule has 1 aliphatic rings. The van der Waals surface area contributed by atoms with E-state index in [4.69, 9.17) is 5.73 Å². The van der Waals surface area contributed by atoms with Gasteiger partial charge in [-0.25, -0.2) is 4.98 Å². The predicted octanol–water partition coefficient (Wildman–Crippen LogP) is 0.754. The molecule has 1 aromatic rings. The maximum atomic E-state index is 6.03. The van der Waals surface area contributed by atoms with Crippen molar-refractivity contribution in [2.45, 2.75) is 32.9 Å². The predicted molar refractivity (Wildman–Crippen MR) is 78.0 cm³/mol. The Balaban J connectivity index is 2.08. The molecule has 5 nitrogen and oxygen atoms in total. The van der Waals surface area contributed by atoms with Crippen LogP contribution in [0.1, 0.15) is 31.3 Å². The van der Waals surface area contributed by atoms with E-state index in [1.54, 1.807) is 0 Å². The number of nitrogens with two attached hydrogens (primary N) is 1. The fourth-order valence-electron chi connectivity index (χ4n) is 3.03. The lowest BCUT2D eigenvalue weighted by Gasteiger charge is -2.40. The van der Waals surface area contributed by atoms with Gasteiger partial charge in [0.1, 0.15) is 0 Å². The maximum absolute atomic E-state index is 6.03. The van der Waals surface area contributed by atoms with Crippen LogP contribution in [0.3, 0.4) is 0 Å². The monoisotopic (exact) mass is 265 g/mol. The second-order valence-corrected chi connectivity index (χ2v) is 5.74. The highest BCUT2D eigenvalue weighted by molar-refractivity contribution is 5.16. The summed E-state index contributed by atoms with van der Waals surface area (Å²) >= 11 is 0. The third-order valence-electron chi connectivity index (χ3n) is 4.23. The van der Waals surface area contributed by atoms with E-state index < -0.39 is 0 Å². The number of aromatic nitrogens is 2. The molecule has 0 amide bonds. The molecule has 0 radical (unpaired) electrons. The smallest absolute Gasteiger partial charge is 0.0949 e. The molecule has 1 aliphatic heterocycles. The summed E-state index contributed by atoms with van der Waals surface area (Å²) in [6.45, 7) is 11.7. The van der Waals surface area contributed by atoms with Crippen molar-refractivity contribution in [3.63, 3.8) is 0 Å². The van der Waals surface area contributed by atoms with Gasteiger partial charge in [-0.05, 0) is 20.8 Å². The van der Waals surface area contributed by atoms with Gasteiger partial charge in [0.25, 0.3) is 0 Å². The summed E-state index contributed by atoms with van der Waals surface area (Å²) in [5.74, 6) is 0. The molecule has 2 heterocycles. The van der Waals surface area contributed by atoms with Crippen molar-refractivity contribution in [3.8, 4) is 0 Å². The number of piperazine rings is 1. The number of rotatable bonds is 4. The molecule has 1 atom stereocenters. The molecule has 5 heteroatoms. The highest BCUT2D eigenvalue weighted by Crippen LogP contribution is 2.23. The molecule has 1 saturated heterocycles. The second kappa shape index (κ2) is 6.03. The Morgan fingerprint density at radius 2 is 1.79 bits per heavy atom. The van der Waals surface area contributed by atoms with Gasteiger partial charge in [-0.15, -0.1) is 0 Å². The molecule has 1 unspecified atom stereocenters. The van der Waals surface area contributed by atoms with E-state index in [9.17, 15) is 0 Å². The molecule has 2 rings (SSSR count). The second-order valence-electron chi connectivity index (χ2n) is 5.74. The quantitative estimate of drug-likeness (QED) is 0.873. The highest BCUT2D eigenvalue weighted by atomic mass is 15.3. The molecule has 2 N–H and O–H groups in total. The lowest BCUT2D eigenvalue weighted by atomic mass is 10.1. The minimum atomic E-state index is 0.293. The zero-order chi connectivity index (χ0) is 14.0. The molecule has 108 valence electrons. The van der Waals surface area contributed by atoms with Crippen molar-refractivity contribution in [1.82, 2.24) is 19.4 Å². The van der Waals surface area contributed by atoms with E-state index in [1.165, 1.54) is 5.69 Å². The normalized spacial score (nSPS) is 20.1. The molecular weight excluding hydrogens is 238 g/mol. The molecule has 1 fully saturated rings. The van der Waals surface area contributed by atoms with E-state index in [0.717, 1.165) is 31.9 Å². The minimum absolute atomic E-state index is 0.293. The zero-order valence-electron chi connectivity index (χ0n) is 12.6. The Hall–Kier alpha value is -0.910. The van der Waals surface area contributed by atoms with Gasteiger partial charge in [0.05, 0.1) is 23.8 Å². The zero-order valence-corrected chi connectivity index (χ0v) is 12.6. The van der Waals surface area contributed by atoms with E-state index in [-0.39, 0.29) is 0 Å². The van der Waals surface area contributed by atoms with E-state index in [1.807, 2.05) is 6.33 Å². The van der Waals surface area contributed by atoms with Gasteiger partial charge < -0.3 is 10.3 Å². The summed E-state index contributed by atoms with van der Waals surface area (Å²) in [5.41, 5.74) is 8.40. The molecular formula is C14H27N5. The third kappa shape index (κ3) is 2.99. The number of hydrogen-bond acceptors (Lipinski definition) is 4. The number of aryl methyl sites for hydroxylation is 2. The van der Waals surface area contributed by atoms with Crippen molar-refractivity contribution in [1.29, 1.82) is 0 Å². The number of nitrogens with zero attached hydrogens (tertiary/aromatic N) is 4. The van der Waals surface area contributed by atoms with Crippen LogP contribution in [-0.2, 0) is 7.05 Å². The van der Waals surface area contributed by atoms with Crippen LogP contribution in [0.15, 0.2) is 6.33 Å². The molecule has 0 aliphatic carbocycles. The SMILES string of the molecule is Cc1ncn(C)c1C(CN)N1CCN(C(C)C)CC1. The van der Waals surface area contributed by atoms with Gasteiger partial charge in [0.2, 0.25) is 0 Å². The number of hydrogen-bond donors (Lipinski definition) is 1. The molecule has 0 spiro atoms. The lowest BCUT2D eigenvalue weighted by Crippen LogP contribution is -2.51. The fourth-order valence-corrected chi connectivity index (χ4v) is 3.03. The van der Waals surface area contributed by atoms with Crippen molar-refractivity contribution >= 4 is 0 Å². The van der Waals surface area contributed by atoms with Gasteiger partial charge in [0, 0.05) is 45.8 Å². The van der Waals surface area contributed by atoms with E-state index >= 15 is 0 Å². The fraction of sp³-hybridized carbons (Fsp3) is 0.786. The van der Waals surface area contributed by atoms with Crippen molar-refractivity contribution in [2.24, 2.45) is 12.8 Å². The van der Waals surface area contributed by atoms with Crippen LogP contribution < -0.4 is 5.73 Å². The largest absolute Gasteiger partial charge is 0.336 e. The van der Waals surface area contributed by atoms with E-state index in [2.05, 4.69) is 47.2 Å². The van der Waals surface area contributed by atoms with E-state index in [0.29, 0.717) is 18.6 Å². The van der Waals surface area contributed by atoms with Crippen molar-refractivity contribution < 1.29 is 0 Å². The minimum Gasteiger partial charge on any atom is -0.336 e. The van der Waals surface area contributed by atoms with Crippen LogP contribution in [0, 0.1) is 6.92 Å². The summed E-state index contributed by atoms with van der Waals surface area (Å²) in [4.78, 5) is 9.42. The molecule has 1 aromatic heterocycles. The molecule has 0 aromatic carbocycles. The van der Waals surface area contributed by atoms with Crippen LogP contribution in [0.4, 0.5) is 0 Å². The average Bonchev–Trinajstić information content (AvgIpc) is 2.72. The first-order chi connectivity index (χ1) is 9.04. The maximum Gasteiger partial charge on any atom is 0.0949 e. The summed E-state index contributed by atoms with van der Waals surface area (Å²) in [6, 6.07) is 0.929. The Labute approximate surface area is 116 Å². The summed E-state index contributed by atoms with van der Waals surface area (Å²) in [6.07, 6.45) is 1.89. The van der Waals surface area contributed by atoms with Gasteiger partial charge in [-0.3, -0.25) is 9.80 Å². The summed E-state index contributed by atoms with van der Waals surface area (Å²) in [7, 11) is 2.06. The molecule has 19 heavy (non-hydrogen) atoms. The lowest BCUT2D eigenvalue weighted by molar-refractivity contribution is 0.0778. The van der Waals surface area contributed by atoms with Crippen LogP contribution in [-0.4, -0.2) is 58.1 Å². The summed E-state index contributed by atoms with van der Waals surface area (Å²) < 4.78 is 2.11. The van der Waals surface area contributed by atoms with Crippen LogP contribution >= 0.6 is 0 Å². The van der Waals surface area contributed by atoms with Crippen LogP contribution in [0.2, 0.25) is 0 Å². The first-order valence-corrected chi connectivity index (χ1v) is 7.20.